The monoisotopic (exact) mass is 562 g/mol. The minimum absolute atomic E-state index is 0. The highest BCUT2D eigenvalue weighted by molar-refractivity contribution is 14.0. The highest BCUT2D eigenvalue weighted by Crippen LogP contribution is 2.18. The predicted molar refractivity (Wildman–Crippen MR) is 141 cm³/mol. The molecule has 0 amide bonds. The number of morpholine rings is 1. The zero-order chi connectivity index (χ0) is 22.2. The van der Waals surface area contributed by atoms with Gasteiger partial charge in [-0.05, 0) is 37.6 Å². The first-order chi connectivity index (χ1) is 15.7. The third-order valence-electron chi connectivity index (χ3n) is 5.15. The van der Waals surface area contributed by atoms with Gasteiger partial charge in [-0.25, -0.2) is 15.0 Å². The molecule has 2 N–H and O–H groups in total. The number of benzene rings is 1. The smallest absolute Gasteiger partial charge is 0.226 e. The lowest BCUT2D eigenvalue weighted by Gasteiger charge is -2.32. The first-order valence-electron chi connectivity index (χ1n) is 11.0. The molecule has 33 heavy (non-hydrogen) atoms. The molecule has 1 fully saturated rings. The molecule has 1 aliphatic rings. The van der Waals surface area contributed by atoms with Gasteiger partial charge in [-0.2, -0.15) is 0 Å². The Morgan fingerprint density at radius 2 is 2.03 bits per heavy atom. The summed E-state index contributed by atoms with van der Waals surface area (Å²) in [5.74, 6) is 2.33. The number of oxazole rings is 1. The number of hydrogen-bond donors (Lipinski definition) is 2. The SMILES string of the molecule is CCNC(=NCc1ccc(N2CCOC(C)C2)nc1)NCc1coc(-c2ccccc2)n1.I. The molecule has 1 aromatic carbocycles. The van der Waals surface area contributed by atoms with E-state index in [2.05, 4.69) is 49.6 Å². The number of nitrogens with one attached hydrogen (secondary N) is 2. The Bertz CT molecular complexity index is 1010. The fourth-order valence-corrected chi connectivity index (χ4v) is 3.51. The van der Waals surface area contributed by atoms with Crippen LogP contribution in [0.4, 0.5) is 5.82 Å². The quantitative estimate of drug-likeness (QED) is 0.257. The first kappa shape index (κ1) is 25.0. The van der Waals surface area contributed by atoms with Crippen LogP contribution >= 0.6 is 24.0 Å². The van der Waals surface area contributed by atoms with E-state index >= 15 is 0 Å². The Morgan fingerprint density at radius 3 is 2.76 bits per heavy atom. The molecule has 0 aliphatic carbocycles. The number of halogens is 1. The molecular formula is C24H31IN6O2. The molecule has 9 heteroatoms. The Labute approximate surface area is 211 Å². The second kappa shape index (κ2) is 12.5. The van der Waals surface area contributed by atoms with Gasteiger partial charge in [0.05, 0.1) is 31.5 Å². The number of ether oxygens (including phenoxy) is 1. The molecule has 1 aliphatic heterocycles. The average Bonchev–Trinajstić information content (AvgIpc) is 3.31. The topological polar surface area (TPSA) is 87.8 Å². The molecule has 2 aromatic heterocycles. The average molecular weight is 562 g/mol. The third kappa shape index (κ3) is 7.16. The summed E-state index contributed by atoms with van der Waals surface area (Å²) in [7, 11) is 0. The number of nitrogens with zero attached hydrogens (tertiary/aromatic N) is 4. The lowest BCUT2D eigenvalue weighted by atomic mass is 10.2. The van der Waals surface area contributed by atoms with Crippen LogP contribution in [0.3, 0.4) is 0 Å². The van der Waals surface area contributed by atoms with E-state index in [1.807, 2.05) is 43.5 Å². The number of aliphatic imine (C=N–C) groups is 1. The summed E-state index contributed by atoms with van der Waals surface area (Å²) in [5.41, 5.74) is 2.84. The van der Waals surface area contributed by atoms with Gasteiger partial charge in [-0.3, -0.25) is 0 Å². The molecule has 3 heterocycles. The van der Waals surface area contributed by atoms with Crippen LogP contribution in [0.1, 0.15) is 25.1 Å². The van der Waals surface area contributed by atoms with Gasteiger partial charge in [0, 0.05) is 31.4 Å². The third-order valence-corrected chi connectivity index (χ3v) is 5.15. The van der Waals surface area contributed by atoms with E-state index in [1.54, 1.807) is 6.26 Å². The molecule has 0 radical (unpaired) electrons. The van der Waals surface area contributed by atoms with Crippen LogP contribution in [0.2, 0.25) is 0 Å². The highest BCUT2D eigenvalue weighted by atomic mass is 127. The molecule has 1 unspecified atom stereocenters. The summed E-state index contributed by atoms with van der Waals surface area (Å²) in [4.78, 5) is 16.1. The molecule has 0 spiro atoms. The molecule has 176 valence electrons. The van der Waals surface area contributed by atoms with Gasteiger partial charge in [-0.1, -0.05) is 24.3 Å². The van der Waals surface area contributed by atoms with E-state index < -0.39 is 0 Å². The van der Waals surface area contributed by atoms with Crippen LogP contribution in [0.15, 0.2) is 64.3 Å². The standard InChI is InChI=1S/C24H30N6O2.HI/c1-3-25-24(28-15-21-17-32-23(29-21)20-7-5-4-6-8-20)27-14-19-9-10-22(26-13-19)30-11-12-31-18(2)16-30;/h4-10,13,17-18H,3,11-12,14-16H2,1-2H3,(H2,25,27,28);1H. The fourth-order valence-electron chi connectivity index (χ4n) is 3.51. The molecule has 4 rings (SSSR count). The van der Waals surface area contributed by atoms with E-state index in [9.17, 15) is 0 Å². The second-order valence-corrected chi connectivity index (χ2v) is 7.71. The maximum atomic E-state index is 5.61. The van der Waals surface area contributed by atoms with Crippen LogP contribution in [0.25, 0.3) is 11.5 Å². The molecule has 0 bridgehead atoms. The maximum Gasteiger partial charge on any atom is 0.226 e. The van der Waals surface area contributed by atoms with Crippen LogP contribution in [-0.2, 0) is 17.8 Å². The Kier molecular flexibility index (Phi) is 9.49. The summed E-state index contributed by atoms with van der Waals surface area (Å²) in [6.45, 7) is 8.44. The summed E-state index contributed by atoms with van der Waals surface area (Å²) in [6.07, 6.45) is 3.80. The van der Waals surface area contributed by atoms with Gasteiger partial charge in [0.25, 0.3) is 0 Å². The fraction of sp³-hybridized carbons (Fsp3) is 0.375. The molecule has 8 nitrogen and oxygen atoms in total. The summed E-state index contributed by atoms with van der Waals surface area (Å²) >= 11 is 0. The van der Waals surface area contributed by atoms with Gasteiger partial charge < -0.3 is 24.7 Å². The van der Waals surface area contributed by atoms with Gasteiger partial charge >= 0.3 is 0 Å². The molecule has 1 atom stereocenters. The van der Waals surface area contributed by atoms with E-state index in [0.29, 0.717) is 19.0 Å². The summed E-state index contributed by atoms with van der Waals surface area (Å²) in [6, 6.07) is 14.0. The first-order valence-corrected chi connectivity index (χ1v) is 11.0. The number of hydrogen-bond acceptors (Lipinski definition) is 6. The minimum Gasteiger partial charge on any atom is -0.444 e. The van der Waals surface area contributed by atoms with Gasteiger partial charge in [0.1, 0.15) is 12.1 Å². The van der Waals surface area contributed by atoms with Crippen molar-refractivity contribution in [2.45, 2.75) is 33.0 Å². The number of guanidine groups is 1. The molecule has 1 saturated heterocycles. The lowest BCUT2D eigenvalue weighted by molar-refractivity contribution is 0.0529. The summed E-state index contributed by atoms with van der Waals surface area (Å²) in [5, 5.41) is 6.58. The van der Waals surface area contributed by atoms with Gasteiger partial charge in [0.2, 0.25) is 5.89 Å². The van der Waals surface area contributed by atoms with Gasteiger partial charge in [0.15, 0.2) is 5.96 Å². The van der Waals surface area contributed by atoms with Crippen LogP contribution < -0.4 is 15.5 Å². The molecule has 0 saturated carbocycles. The lowest BCUT2D eigenvalue weighted by Crippen LogP contribution is -2.41. The summed E-state index contributed by atoms with van der Waals surface area (Å²) < 4.78 is 11.2. The van der Waals surface area contributed by atoms with E-state index in [4.69, 9.17) is 9.15 Å². The van der Waals surface area contributed by atoms with Crippen molar-refractivity contribution in [1.29, 1.82) is 0 Å². The number of anilines is 1. The predicted octanol–water partition coefficient (Wildman–Crippen LogP) is 3.84. The Morgan fingerprint density at radius 1 is 1.18 bits per heavy atom. The maximum absolute atomic E-state index is 5.61. The van der Waals surface area contributed by atoms with Crippen molar-refractivity contribution < 1.29 is 9.15 Å². The Hall–Kier alpha value is -2.66. The highest BCUT2D eigenvalue weighted by Gasteiger charge is 2.17. The normalized spacial score (nSPS) is 16.2. The van der Waals surface area contributed by atoms with E-state index in [-0.39, 0.29) is 30.1 Å². The van der Waals surface area contributed by atoms with Crippen molar-refractivity contribution in [3.8, 4) is 11.5 Å². The van der Waals surface area contributed by atoms with Crippen molar-refractivity contribution in [2.24, 2.45) is 4.99 Å². The zero-order valence-electron chi connectivity index (χ0n) is 19.0. The van der Waals surface area contributed by atoms with Crippen molar-refractivity contribution in [2.75, 3.05) is 31.1 Å². The van der Waals surface area contributed by atoms with Crippen LogP contribution in [0, 0.1) is 0 Å². The van der Waals surface area contributed by atoms with E-state index in [0.717, 1.165) is 54.8 Å². The van der Waals surface area contributed by atoms with Crippen LogP contribution in [0.5, 0.6) is 0 Å². The Balaban J connectivity index is 0.00000306. The van der Waals surface area contributed by atoms with Crippen molar-refractivity contribution in [1.82, 2.24) is 20.6 Å². The van der Waals surface area contributed by atoms with Crippen molar-refractivity contribution in [3.05, 3.63) is 66.2 Å². The number of aromatic nitrogens is 2. The minimum atomic E-state index is 0. The van der Waals surface area contributed by atoms with Crippen molar-refractivity contribution in [3.63, 3.8) is 0 Å². The second-order valence-electron chi connectivity index (χ2n) is 7.71. The van der Waals surface area contributed by atoms with Crippen LogP contribution in [-0.4, -0.2) is 48.3 Å². The molecular weight excluding hydrogens is 531 g/mol. The van der Waals surface area contributed by atoms with E-state index in [1.165, 1.54) is 0 Å². The number of pyridine rings is 1. The largest absolute Gasteiger partial charge is 0.444 e. The zero-order valence-corrected chi connectivity index (χ0v) is 21.4. The number of rotatable bonds is 7. The van der Waals surface area contributed by atoms with Crippen molar-refractivity contribution >= 4 is 35.8 Å². The van der Waals surface area contributed by atoms with Gasteiger partial charge in [-0.15, -0.1) is 24.0 Å². The molecule has 3 aromatic rings.